The molecule has 0 aromatic rings. The highest BCUT2D eigenvalue weighted by molar-refractivity contribution is 5.75. The summed E-state index contributed by atoms with van der Waals surface area (Å²) < 4.78 is 20.9. The molecule has 0 saturated carbocycles. The van der Waals surface area contributed by atoms with E-state index in [-0.39, 0.29) is 5.91 Å². The monoisotopic (exact) mass is 316 g/mol. The third kappa shape index (κ3) is 16.9. The van der Waals surface area contributed by atoms with Crippen molar-refractivity contribution in [3.63, 3.8) is 0 Å². The molecule has 0 radical (unpaired) electrons. The maximum atomic E-state index is 11.2. The molecule has 22 heavy (non-hydrogen) atoms. The minimum Gasteiger partial charge on any atom is -0.377 e. The van der Waals surface area contributed by atoms with Gasteiger partial charge in [0.2, 0.25) is 5.91 Å². The normalized spacial score (nSPS) is 10.4. The van der Waals surface area contributed by atoms with Crippen LogP contribution in [0.15, 0.2) is 0 Å². The number of hydrogen-bond acceptors (Lipinski definition) is 6. The lowest BCUT2D eigenvalue weighted by atomic mass is 10.3. The predicted molar refractivity (Wildman–Crippen MR) is 83.4 cm³/mol. The summed E-state index contributed by atoms with van der Waals surface area (Å²) >= 11 is 0. The van der Waals surface area contributed by atoms with Gasteiger partial charge in [-0.1, -0.05) is 5.92 Å². The largest absolute Gasteiger partial charge is 0.377 e. The van der Waals surface area contributed by atoms with E-state index in [2.05, 4.69) is 11.2 Å². The van der Waals surface area contributed by atoms with Crippen LogP contribution in [0.25, 0.3) is 0 Å². The van der Waals surface area contributed by atoms with E-state index in [9.17, 15) is 4.79 Å². The summed E-state index contributed by atoms with van der Waals surface area (Å²) in [7, 11) is 0. The molecule has 0 spiro atoms. The summed E-state index contributed by atoms with van der Waals surface area (Å²) in [5.41, 5.74) is 5.32. The van der Waals surface area contributed by atoms with Crippen LogP contribution in [0.4, 0.5) is 0 Å². The van der Waals surface area contributed by atoms with Crippen molar-refractivity contribution in [2.45, 2.75) is 12.8 Å². The van der Waals surface area contributed by atoms with Crippen LogP contribution in [0.2, 0.25) is 0 Å². The third-order valence-corrected chi connectivity index (χ3v) is 2.48. The summed E-state index contributed by atoms with van der Waals surface area (Å²) in [6, 6.07) is 0. The smallest absolute Gasteiger partial charge is 0.220 e. The lowest BCUT2D eigenvalue weighted by molar-refractivity contribution is -0.121. The van der Waals surface area contributed by atoms with Crippen LogP contribution in [0.1, 0.15) is 12.8 Å². The molecule has 0 rings (SSSR count). The Kier molecular flexibility index (Phi) is 16.9. The van der Waals surface area contributed by atoms with Gasteiger partial charge in [0.25, 0.3) is 0 Å². The van der Waals surface area contributed by atoms with Crippen LogP contribution < -0.4 is 11.1 Å². The molecule has 3 N–H and O–H groups in total. The van der Waals surface area contributed by atoms with Gasteiger partial charge >= 0.3 is 0 Å². The van der Waals surface area contributed by atoms with Gasteiger partial charge in [0, 0.05) is 13.0 Å². The molecule has 0 saturated heterocycles. The van der Waals surface area contributed by atoms with Gasteiger partial charge in [-0.05, 0) is 13.0 Å². The van der Waals surface area contributed by atoms with Crippen molar-refractivity contribution >= 4 is 5.91 Å². The van der Waals surface area contributed by atoms with Crippen LogP contribution in [0.5, 0.6) is 0 Å². The third-order valence-electron chi connectivity index (χ3n) is 2.48. The summed E-state index contributed by atoms with van der Waals surface area (Å²) in [5, 5.41) is 2.75. The average Bonchev–Trinajstić information content (AvgIpc) is 2.53. The fraction of sp³-hybridized carbons (Fsp3) is 0.800. The molecule has 1 amide bonds. The Hall–Kier alpha value is -1.17. The second-order valence-corrected chi connectivity index (χ2v) is 4.34. The lowest BCUT2D eigenvalue weighted by Crippen LogP contribution is -2.27. The van der Waals surface area contributed by atoms with E-state index in [1.807, 2.05) is 0 Å². The number of carbonyl (C=O) groups excluding carboxylic acids is 1. The number of terminal acetylenes is 1. The summed E-state index contributed by atoms with van der Waals surface area (Å²) in [6.45, 7) is 4.82. The van der Waals surface area contributed by atoms with Gasteiger partial charge < -0.3 is 30.0 Å². The van der Waals surface area contributed by atoms with Crippen molar-refractivity contribution in [1.29, 1.82) is 0 Å². The van der Waals surface area contributed by atoms with Crippen molar-refractivity contribution < 1.29 is 23.7 Å². The number of rotatable bonds is 16. The number of amides is 1. The number of nitrogens with two attached hydrogens (primary N) is 1. The Balaban J connectivity index is 3.05. The second-order valence-electron chi connectivity index (χ2n) is 4.34. The second kappa shape index (κ2) is 17.9. The molecular formula is C15H28N2O5. The van der Waals surface area contributed by atoms with Crippen molar-refractivity contribution in [2.75, 3.05) is 65.9 Å². The van der Waals surface area contributed by atoms with Gasteiger partial charge in [-0.2, -0.15) is 0 Å². The molecule has 7 nitrogen and oxygen atoms in total. The molecule has 0 aliphatic carbocycles. The first-order chi connectivity index (χ1) is 10.8. The van der Waals surface area contributed by atoms with Crippen LogP contribution in [0.3, 0.4) is 0 Å². The zero-order valence-electron chi connectivity index (χ0n) is 13.2. The van der Waals surface area contributed by atoms with Crippen LogP contribution in [-0.4, -0.2) is 71.9 Å². The highest BCUT2D eigenvalue weighted by Crippen LogP contribution is 1.85. The Labute approximate surface area is 132 Å². The van der Waals surface area contributed by atoms with Crippen LogP contribution in [-0.2, 0) is 23.7 Å². The number of hydrogen-bond donors (Lipinski definition) is 2. The van der Waals surface area contributed by atoms with Gasteiger partial charge in [-0.15, -0.1) is 6.42 Å². The van der Waals surface area contributed by atoms with Gasteiger partial charge in [-0.3, -0.25) is 4.79 Å². The van der Waals surface area contributed by atoms with Gasteiger partial charge in [0.1, 0.15) is 6.61 Å². The van der Waals surface area contributed by atoms with E-state index >= 15 is 0 Å². The van der Waals surface area contributed by atoms with E-state index < -0.39 is 0 Å². The predicted octanol–water partition coefficient (Wildman–Crippen LogP) is -0.459. The van der Waals surface area contributed by atoms with E-state index in [1.54, 1.807) is 0 Å². The SMILES string of the molecule is C#CCOCCOCCOCCOCCNC(=O)CCCN. The minimum absolute atomic E-state index is 0.00803. The Morgan fingerprint density at radius 2 is 1.50 bits per heavy atom. The zero-order valence-corrected chi connectivity index (χ0v) is 13.2. The van der Waals surface area contributed by atoms with Crippen LogP contribution >= 0.6 is 0 Å². The molecule has 0 aromatic heterocycles. The standard InChI is InChI=1S/C15H28N2O5/c1-2-7-19-9-11-21-13-14-22-12-10-20-8-6-17-15(18)4-3-5-16/h1H,3-14,16H2,(H,17,18). The van der Waals surface area contributed by atoms with Gasteiger partial charge in [-0.25, -0.2) is 0 Å². The van der Waals surface area contributed by atoms with E-state index in [0.29, 0.717) is 78.8 Å². The quantitative estimate of drug-likeness (QED) is 0.296. The maximum absolute atomic E-state index is 11.2. The van der Waals surface area contributed by atoms with E-state index in [1.165, 1.54) is 0 Å². The fourth-order valence-electron chi connectivity index (χ4n) is 1.40. The summed E-state index contributed by atoms with van der Waals surface area (Å²) in [6.07, 6.45) is 6.20. The first-order valence-corrected chi connectivity index (χ1v) is 7.52. The van der Waals surface area contributed by atoms with Gasteiger partial charge in [0.05, 0.1) is 46.2 Å². The molecule has 0 bridgehead atoms. The molecule has 0 aliphatic heterocycles. The first-order valence-electron chi connectivity index (χ1n) is 7.52. The molecule has 0 atom stereocenters. The minimum atomic E-state index is 0.00803. The molecule has 7 heteroatoms. The molecule has 0 fully saturated rings. The molecular weight excluding hydrogens is 288 g/mol. The lowest BCUT2D eigenvalue weighted by Gasteiger charge is -2.07. The van der Waals surface area contributed by atoms with Crippen molar-refractivity contribution in [3.8, 4) is 12.3 Å². The Morgan fingerprint density at radius 3 is 2.05 bits per heavy atom. The van der Waals surface area contributed by atoms with Crippen molar-refractivity contribution in [3.05, 3.63) is 0 Å². The summed E-state index contributed by atoms with van der Waals surface area (Å²) in [4.78, 5) is 11.2. The molecule has 128 valence electrons. The average molecular weight is 316 g/mol. The zero-order chi connectivity index (χ0) is 16.3. The Morgan fingerprint density at radius 1 is 0.955 bits per heavy atom. The van der Waals surface area contributed by atoms with Crippen molar-refractivity contribution in [2.24, 2.45) is 5.73 Å². The van der Waals surface area contributed by atoms with E-state index in [0.717, 1.165) is 0 Å². The van der Waals surface area contributed by atoms with Crippen molar-refractivity contribution in [1.82, 2.24) is 5.32 Å². The summed E-state index contributed by atoms with van der Waals surface area (Å²) in [5.74, 6) is 2.39. The van der Waals surface area contributed by atoms with E-state index in [4.69, 9.17) is 31.1 Å². The maximum Gasteiger partial charge on any atom is 0.220 e. The molecule has 0 unspecified atom stereocenters. The topological polar surface area (TPSA) is 92.0 Å². The Bertz CT molecular complexity index is 294. The first kappa shape index (κ1) is 20.8. The molecule has 0 aliphatic rings. The molecule has 0 heterocycles. The number of ether oxygens (including phenoxy) is 4. The molecule has 0 aromatic carbocycles. The highest BCUT2D eigenvalue weighted by Gasteiger charge is 1.98. The van der Waals surface area contributed by atoms with Crippen LogP contribution in [0, 0.1) is 12.3 Å². The fourth-order valence-corrected chi connectivity index (χ4v) is 1.40. The number of carbonyl (C=O) groups is 1. The van der Waals surface area contributed by atoms with Gasteiger partial charge in [0.15, 0.2) is 0 Å². The highest BCUT2D eigenvalue weighted by atomic mass is 16.6. The number of nitrogens with one attached hydrogen (secondary N) is 1.